The highest BCUT2D eigenvalue weighted by atomic mass is 32.1. The summed E-state index contributed by atoms with van der Waals surface area (Å²) in [5.41, 5.74) is 3.01. The molecule has 0 aliphatic carbocycles. The van der Waals surface area contributed by atoms with E-state index < -0.39 is 23.5 Å². The van der Waals surface area contributed by atoms with Crippen molar-refractivity contribution in [3.8, 4) is 11.5 Å². The SMILES string of the molecule is COc1ccc(C2/C(=C(\O)c3cc(C)ccc3C)C(=O)C(=O)N2c2nc3ccc(F)cc3s2)cc1OC. The first kappa shape index (κ1) is 24.5. The number of methoxy groups -OCH3 is 2. The second kappa shape index (κ2) is 9.33. The summed E-state index contributed by atoms with van der Waals surface area (Å²) in [7, 11) is 2.99. The van der Waals surface area contributed by atoms with Gasteiger partial charge in [0.15, 0.2) is 16.6 Å². The highest BCUT2D eigenvalue weighted by molar-refractivity contribution is 7.22. The molecule has 1 fully saturated rings. The van der Waals surface area contributed by atoms with Crippen molar-refractivity contribution in [2.45, 2.75) is 19.9 Å². The van der Waals surface area contributed by atoms with E-state index in [4.69, 9.17) is 9.47 Å². The number of fused-ring (bicyclic) bond motifs is 1. The van der Waals surface area contributed by atoms with E-state index >= 15 is 0 Å². The highest BCUT2D eigenvalue weighted by Crippen LogP contribution is 2.46. The van der Waals surface area contributed by atoms with Crippen LogP contribution in [0.3, 0.4) is 0 Å². The van der Waals surface area contributed by atoms with Crippen LogP contribution in [0.4, 0.5) is 9.52 Å². The third-order valence-corrected chi connectivity index (χ3v) is 7.38. The van der Waals surface area contributed by atoms with Crippen LogP contribution in [0.2, 0.25) is 0 Å². The van der Waals surface area contributed by atoms with Crippen LogP contribution in [-0.2, 0) is 9.59 Å². The Hall–Kier alpha value is -4.24. The zero-order valence-corrected chi connectivity index (χ0v) is 21.4. The monoisotopic (exact) mass is 518 g/mol. The Morgan fingerprint density at radius 1 is 1.00 bits per heavy atom. The molecule has 1 unspecified atom stereocenters. The molecule has 1 amide bonds. The maximum absolute atomic E-state index is 13.9. The Labute approximate surface area is 216 Å². The molecule has 0 bridgehead atoms. The van der Waals surface area contributed by atoms with Crippen molar-refractivity contribution in [3.63, 3.8) is 0 Å². The fraction of sp³-hybridized carbons (Fsp3) is 0.179. The van der Waals surface area contributed by atoms with Gasteiger partial charge in [0.2, 0.25) is 0 Å². The Kier molecular flexibility index (Phi) is 6.16. The minimum absolute atomic E-state index is 0.0728. The van der Waals surface area contributed by atoms with E-state index in [0.29, 0.717) is 32.8 Å². The first-order valence-corrected chi connectivity index (χ1v) is 12.2. The van der Waals surface area contributed by atoms with Gasteiger partial charge in [0.1, 0.15) is 11.6 Å². The maximum atomic E-state index is 13.9. The van der Waals surface area contributed by atoms with Gasteiger partial charge in [-0.2, -0.15) is 0 Å². The molecule has 188 valence electrons. The number of hydrogen-bond acceptors (Lipinski definition) is 7. The number of anilines is 1. The number of halogens is 1. The number of benzene rings is 3. The summed E-state index contributed by atoms with van der Waals surface area (Å²) < 4.78 is 25.2. The summed E-state index contributed by atoms with van der Waals surface area (Å²) in [6.45, 7) is 3.69. The third kappa shape index (κ3) is 4.11. The van der Waals surface area contributed by atoms with E-state index in [1.807, 2.05) is 26.0 Å². The van der Waals surface area contributed by atoms with Crippen molar-refractivity contribution >= 4 is 44.1 Å². The zero-order chi connectivity index (χ0) is 26.4. The molecule has 5 rings (SSSR count). The van der Waals surface area contributed by atoms with Crippen LogP contribution in [-0.4, -0.2) is 36.0 Å². The molecule has 1 atom stereocenters. The number of ether oxygens (including phenoxy) is 2. The average molecular weight is 519 g/mol. The van der Waals surface area contributed by atoms with Crippen LogP contribution in [0.1, 0.15) is 28.3 Å². The molecule has 0 radical (unpaired) electrons. The van der Waals surface area contributed by atoms with Crippen LogP contribution in [0.15, 0.2) is 60.2 Å². The minimum atomic E-state index is -1.01. The van der Waals surface area contributed by atoms with Crippen LogP contribution >= 0.6 is 11.3 Å². The Morgan fingerprint density at radius 2 is 1.76 bits per heavy atom. The van der Waals surface area contributed by atoms with Crippen molar-refractivity contribution in [2.75, 3.05) is 19.1 Å². The van der Waals surface area contributed by atoms with E-state index in [0.717, 1.165) is 22.5 Å². The maximum Gasteiger partial charge on any atom is 0.301 e. The van der Waals surface area contributed by atoms with Gasteiger partial charge in [-0.05, 0) is 61.4 Å². The van der Waals surface area contributed by atoms with Crippen molar-refractivity contribution in [1.29, 1.82) is 0 Å². The molecule has 3 aromatic carbocycles. The predicted octanol–water partition coefficient (Wildman–Crippen LogP) is 5.70. The van der Waals surface area contributed by atoms with Gasteiger partial charge in [0, 0.05) is 5.56 Å². The summed E-state index contributed by atoms with van der Waals surface area (Å²) in [4.78, 5) is 32.7. The molecule has 1 aromatic heterocycles. The van der Waals surface area contributed by atoms with Gasteiger partial charge in [-0.3, -0.25) is 14.5 Å². The topological polar surface area (TPSA) is 89.0 Å². The Balaban J connectivity index is 1.77. The van der Waals surface area contributed by atoms with E-state index in [1.54, 1.807) is 24.3 Å². The lowest BCUT2D eigenvalue weighted by Crippen LogP contribution is -2.29. The number of hydrogen-bond donors (Lipinski definition) is 1. The lowest BCUT2D eigenvalue weighted by molar-refractivity contribution is -0.132. The number of thiazole rings is 1. The molecule has 7 nitrogen and oxygen atoms in total. The number of carbonyl (C=O) groups excluding carboxylic acids is 2. The number of nitrogens with zero attached hydrogens (tertiary/aromatic N) is 2. The minimum Gasteiger partial charge on any atom is -0.507 e. The zero-order valence-electron chi connectivity index (χ0n) is 20.5. The number of aliphatic hydroxyl groups is 1. The summed E-state index contributed by atoms with van der Waals surface area (Å²) in [6.07, 6.45) is 0. The molecule has 1 saturated heterocycles. The number of carbonyl (C=O) groups is 2. The largest absolute Gasteiger partial charge is 0.507 e. The fourth-order valence-electron chi connectivity index (χ4n) is 4.49. The first-order valence-electron chi connectivity index (χ1n) is 11.4. The number of aromatic nitrogens is 1. The molecule has 1 aliphatic rings. The van der Waals surface area contributed by atoms with Gasteiger partial charge in [-0.25, -0.2) is 9.37 Å². The third-order valence-electron chi connectivity index (χ3n) is 6.36. The number of ketones is 1. The quantitative estimate of drug-likeness (QED) is 0.207. The summed E-state index contributed by atoms with van der Waals surface area (Å²) in [5, 5.41) is 11.7. The van der Waals surface area contributed by atoms with Crippen molar-refractivity contribution in [3.05, 3.63) is 88.2 Å². The van der Waals surface area contributed by atoms with Gasteiger partial charge >= 0.3 is 5.91 Å². The smallest absolute Gasteiger partial charge is 0.301 e. The molecule has 0 spiro atoms. The number of amides is 1. The molecule has 37 heavy (non-hydrogen) atoms. The second-order valence-corrected chi connectivity index (χ2v) is 9.72. The van der Waals surface area contributed by atoms with Crippen LogP contribution in [0, 0.1) is 19.7 Å². The lowest BCUT2D eigenvalue weighted by Gasteiger charge is -2.24. The summed E-state index contributed by atoms with van der Waals surface area (Å²) in [5.74, 6) is -1.54. The molecular weight excluding hydrogens is 495 g/mol. The Morgan fingerprint density at radius 3 is 2.49 bits per heavy atom. The van der Waals surface area contributed by atoms with E-state index in [9.17, 15) is 19.1 Å². The highest BCUT2D eigenvalue weighted by Gasteiger charge is 2.48. The van der Waals surface area contributed by atoms with E-state index in [-0.39, 0.29) is 16.5 Å². The molecular formula is C28H23FN2O5S. The van der Waals surface area contributed by atoms with Crippen molar-refractivity contribution < 1.29 is 28.6 Å². The van der Waals surface area contributed by atoms with Crippen molar-refractivity contribution in [2.24, 2.45) is 0 Å². The van der Waals surface area contributed by atoms with Crippen LogP contribution < -0.4 is 14.4 Å². The van der Waals surface area contributed by atoms with Crippen LogP contribution in [0.5, 0.6) is 11.5 Å². The van der Waals surface area contributed by atoms with Crippen LogP contribution in [0.25, 0.3) is 16.0 Å². The Bertz CT molecular complexity index is 1610. The van der Waals surface area contributed by atoms with Gasteiger partial charge < -0.3 is 14.6 Å². The number of Topliss-reactive ketones (excluding diaryl/α,β-unsaturated/α-hetero) is 1. The molecule has 4 aromatic rings. The normalized spacial score (nSPS) is 17.0. The van der Waals surface area contributed by atoms with E-state index in [2.05, 4.69) is 4.98 Å². The summed E-state index contributed by atoms with van der Waals surface area (Å²) >= 11 is 1.09. The van der Waals surface area contributed by atoms with Gasteiger partial charge in [0.25, 0.3) is 5.78 Å². The standard InChI is InChI=1S/C28H23FN2O5S/c1-14-5-6-15(2)18(11-14)25(32)23-24(16-7-10-20(35-3)21(12-16)36-4)31(27(34)26(23)33)28-30-19-9-8-17(29)13-22(19)37-28/h5-13,24,32H,1-4H3/b25-23+. The molecule has 1 aliphatic heterocycles. The molecule has 9 heteroatoms. The van der Waals surface area contributed by atoms with Gasteiger partial charge in [-0.15, -0.1) is 0 Å². The number of aliphatic hydroxyl groups excluding tert-OH is 1. The fourth-order valence-corrected chi connectivity index (χ4v) is 5.51. The van der Waals surface area contributed by atoms with Crippen molar-refractivity contribution in [1.82, 2.24) is 4.98 Å². The first-order chi connectivity index (χ1) is 17.7. The second-order valence-electron chi connectivity index (χ2n) is 8.71. The lowest BCUT2D eigenvalue weighted by atomic mass is 9.93. The van der Waals surface area contributed by atoms with E-state index in [1.165, 1.54) is 37.3 Å². The number of rotatable bonds is 5. The predicted molar refractivity (Wildman–Crippen MR) is 140 cm³/mol. The van der Waals surface area contributed by atoms with Gasteiger partial charge in [0.05, 0.1) is 36.1 Å². The molecule has 1 N–H and O–H groups in total. The average Bonchev–Trinajstić information content (AvgIpc) is 3.42. The molecule has 0 saturated carbocycles. The molecule has 2 heterocycles. The number of aryl methyl sites for hydroxylation is 2. The summed E-state index contributed by atoms with van der Waals surface area (Å²) in [6, 6.07) is 13.7. The van der Waals surface area contributed by atoms with Gasteiger partial charge in [-0.1, -0.05) is 35.1 Å².